The molecule has 0 bridgehead atoms. The minimum atomic E-state index is 0.748. The molecule has 0 N–H and O–H groups in total. The molecule has 1 aliphatic carbocycles. The van der Waals surface area contributed by atoms with Crippen LogP contribution in [0, 0.1) is 17.3 Å². The van der Waals surface area contributed by atoms with E-state index in [1.807, 2.05) is 0 Å². The molecule has 1 spiro atoms. The summed E-state index contributed by atoms with van der Waals surface area (Å²) in [6, 6.07) is 1.70. The zero-order valence-electron chi connectivity index (χ0n) is 11.9. The van der Waals surface area contributed by atoms with E-state index in [-0.39, 0.29) is 0 Å². The largest absolute Gasteiger partial charge is 0.300 e. The highest BCUT2D eigenvalue weighted by molar-refractivity contribution is 5.09. The van der Waals surface area contributed by atoms with Crippen LogP contribution in [0.2, 0.25) is 0 Å². The summed E-state index contributed by atoms with van der Waals surface area (Å²) in [4.78, 5) is 5.37. The predicted octanol–water partition coefficient (Wildman–Crippen LogP) is 2.45. The molecule has 2 heteroatoms. The summed E-state index contributed by atoms with van der Waals surface area (Å²) < 4.78 is 0. The van der Waals surface area contributed by atoms with Gasteiger partial charge in [0.15, 0.2) is 0 Å². The van der Waals surface area contributed by atoms with Gasteiger partial charge < -0.3 is 0 Å². The van der Waals surface area contributed by atoms with Gasteiger partial charge in [-0.2, -0.15) is 0 Å². The molecule has 0 atom stereocenters. The second kappa shape index (κ2) is 3.96. The van der Waals surface area contributed by atoms with Crippen LogP contribution in [-0.4, -0.2) is 48.1 Å². The van der Waals surface area contributed by atoms with Crippen molar-refractivity contribution in [3.8, 4) is 0 Å². The van der Waals surface area contributed by atoms with E-state index in [0.717, 1.165) is 29.3 Å². The quantitative estimate of drug-likeness (QED) is 0.742. The van der Waals surface area contributed by atoms with Crippen LogP contribution in [0.1, 0.15) is 40.5 Å². The third-order valence-electron chi connectivity index (χ3n) is 5.54. The average Bonchev–Trinajstić information content (AvgIpc) is 2.00. The van der Waals surface area contributed by atoms with Crippen LogP contribution in [0.25, 0.3) is 0 Å². The van der Waals surface area contributed by atoms with Crippen molar-refractivity contribution in [3.63, 3.8) is 0 Å². The van der Waals surface area contributed by atoms with E-state index in [1.165, 1.54) is 39.0 Å². The zero-order valence-corrected chi connectivity index (χ0v) is 11.9. The maximum Gasteiger partial charge on any atom is 0.0108 e. The first kappa shape index (κ1) is 12.0. The van der Waals surface area contributed by atoms with Gasteiger partial charge in [0.1, 0.15) is 0 Å². The SMILES string of the molecule is CC(C)C1CN(C2CC3(C2)CN(C(C)C)C3)C1. The highest BCUT2D eigenvalue weighted by atomic mass is 15.3. The van der Waals surface area contributed by atoms with E-state index in [9.17, 15) is 0 Å². The molecular weight excluding hydrogens is 208 g/mol. The van der Waals surface area contributed by atoms with Crippen molar-refractivity contribution in [1.29, 1.82) is 0 Å². The Hall–Kier alpha value is -0.0800. The summed E-state index contributed by atoms with van der Waals surface area (Å²) in [7, 11) is 0. The van der Waals surface area contributed by atoms with Crippen LogP contribution < -0.4 is 0 Å². The first-order valence-electron chi connectivity index (χ1n) is 7.47. The fraction of sp³-hybridized carbons (Fsp3) is 1.00. The van der Waals surface area contributed by atoms with Crippen molar-refractivity contribution in [2.75, 3.05) is 26.2 Å². The summed E-state index contributed by atoms with van der Waals surface area (Å²) in [5.41, 5.74) is 0.748. The molecule has 1 saturated carbocycles. The van der Waals surface area contributed by atoms with Gasteiger partial charge >= 0.3 is 0 Å². The van der Waals surface area contributed by atoms with Gasteiger partial charge in [0.25, 0.3) is 0 Å². The first-order chi connectivity index (χ1) is 7.99. The van der Waals surface area contributed by atoms with Crippen molar-refractivity contribution in [2.24, 2.45) is 17.3 Å². The van der Waals surface area contributed by atoms with E-state index < -0.39 is 0 Å². The molecule has 3 aliphatic rings. The number of hydrogen-bond acceptors (Lipinski definition) is 2. The lowest BCUT2D eigenvalue weighted by Crippen LogP contribution is -2.70. The van der Waals surface area contributed by atoms with Crippen LogP contribution in [0.4, 0.5) is 0 Å². The van der Waals surface area contributed by atoms with Gasteiger partial charge in [0.2, 0.25) is 0 Å². The van der Waals surface area contributed by atoms with Crippen LogP contribution >= 0.6 is 0 Å². The second-order valence-corrected chi connectivity index (χ2v) is 7.52. The fourth-order valence-electron chi connectivity index (χ4n) is 3.91. The summed E-state index contributed by atoms with van der Waals surface area (Å²) in [5, 5.41) is 0. The number of rotatable bonds is 3. The molecule has 0 aromatic carbocycles. The number of hydrogen-bond donors (Lipinski definition) is 0. The Bertz CT molecular complexity index is 277. The predicted molar refractivity (Wildman–Crippen MR) is 72.1 cm³/mol. The van der Waals surface area contributed by atoms with Crippen LogP contribution in [0.3, 0.4) is 0 Å². The van der Waals surface area contributed by atoms with Crippen LogP contribution in [-0.2, 0) is 0 Å². The van der Waals surface area contributed by atoms with E-state index in [0.29, 0.717) is 0 Å². The van der Waals surface area contributed by atoms with Gasteiger partial charge in [0, 0.05) is 38.3 Å². The molecule has 0 aromatic rings. The Morgan fingerprint density at radius 3 is 2.06 bits per heavy atom. The highest BCUT2D eigenvalue weighted by Gasteiger charge is 2.55. The lowest BCUT2D eigenvalue weighted by Gasteiger charge is -2.64. The third kappa shape index (κ3) is 1.94. The zero-order chi connectivity index (χ0) is 12.2. The molecule has 3 fully saturated rings. The van der Waals surface area contributed by atoms with Crippen molar-refractivity contribution in [2.45, 2.75) is 52.6 Å². The van der Waals surface area contributed by atoms with Gasteiger partial charge in [0.05, 0.1) is 0 Å². The average molecular weight is 236 g/mol. The standard InChI is InChI=1S/C15H28N2/c1-11(2)13-7-16(8-13)14-5-15(6-14)9-17(10-15)12(3)4/h11-14H,5-10H2,1-4H3. The molecular formula is C15H28N2. The Labute approximate surface area is 106 Å². The van der Waals surface area contributed by atoms with Gasteiger partial charge in [-0.15, -0.1) is 0 Å². The van der Waals surface area contributed by atoms with Crippen LogP contribution in [0.15, 0.2) is 0 Å². The number of nitrogens with zero attached hydrogens (tertiary/aromatic N) is 2. The van der Waals surface area contributed by atoms with E-state index in [4.69, 9.17) is 0 Å². The van der Waals surface area contributed by atoms with Crippen molar-refractivity contribution in [1.82, 2.24) is 9.80 Å². The molecule has 3 rings (SSSR count). The molecule has 2 saturated heterocycles. The Morgan fingerprint density at radius 1 is 1.00 bits per heavy atom. The van der Waals surface area contributed by atoms with E-state index >= 15 is 0 Å². The Balaban J connectivity index is 1.39. The monoisotopic (exact) mass is 236 g/mol. The molecule has 2 aliphatic heterocycles. The maximum atomic E-state index is 2.74. The van der Waals surface area contributed by atoms with Crippen molar-refractivity contribution in [3.05, 3.63) is 0 Å². The van der Waals surface area contributed by atoms with Gasteiger partial charge in [-0.25, -0.2) is 0 Å². The minimum absolute atomic E-state index is 0.748. The molecule has 2 heterocycles. The molecule has 98 valence electrons. The molecule has 2 nitrogen and oxygen atoms in total. The third-order valence-corrected chi connectivity index (χ3v) is 5.54. The van der Waals surface area contributed by atoms with E-state index in [2.05, 4.69) is 37.5 Å². The smallest absolute Gasteiger partial charge is 0.0108 e. The fourth-order valence-corrected chi connectivity index (χ4v) is 3.91. The van der Waals surface area contributed by atoms with Crippen molar-refractivity contribution < 1.29 is 0 Å². The van der Waals surface area contributed by atoms with Gasteiger partial charge in [-0.05, 0) is 43.9 Å². The molecule has 0 radical (unpaired) electrons. The summed E-state index contributed by atoms with van der Waals surface area (Å²) >= 11 is 0. The van der Waals surface area contributed by atoms with Crippen molar-refractivity contribution >= 4 is 0 Å². The van der Waals surface area contributed by atoms with Gasteiger partial charge in [-0.1, -0.05) is 13.8 Å². The Morgan fingerprint density at radius 2 is 1.59 bits per heavy atom. The van der Waals surface area contributed by atoms with Gasteiger partial charge in [-0.3, -0.25) is 9.80 Å². The molecule has 17 heavy (non-hydrogen) atoms. The first-order valence-corrected chi connectivity index (χ1v) is 7.47. The summed E-state index contributed by atoms with van der Waals surface area (Å²) in [6.07, 6.45) is 2.97. The minimum Gasteiger partial charge on any atom is -0.300 e. The highest BCUT2D eigenvalue weighted by Crippen LogP contribution is 2.52. The van der Waals surface area contributed by atoms with E-state index in [1.54, 1.807) is 0 Å². The summed E-state index contributed by atoms with van der Waals surface area (Å²) in [6.45, 7) is 14.9. The second-order valence-electron chi connectivity index (χ2n) is 7.52. The van der Waals surface area contributed by atoms with Crippen LogP contribution in [0.5, 0.6) is 0 Å². The normalized spacial score (nSPS) is 30.7. The topological polar surface area (TPSA) is 6.48 Å². The summed E-state index contributed by atoms with van der Waals surface area (Å²) in [5.74, 6) is 1.88. The molecule has 0 amide bonds. The molecule has 0 unspecified atom stereocenters. The number of likely N-dealkylation sites (tertiary alicyclic amines) is 2. The maximum absolute atomic E-state index is 2.74. The lowest BCUT2D eigenvalue weighted by atomic mass is 9.59. The Kier molecular flexibility index (Phi) is 2.79. The lowest BCUT2D eigenvalue weighted by molar-refractivity contribution is -0.141. The molecule has 0 aromatic heterocycles.